The molecule has 0 atom stereocenters. The maximum absolute atomic E-state index is 11.7. The van der Waals surface area contributed by atoms with Crippen LogP contribution in [0.25, 0.3) is 0 Å². The van der Waals surface area contributed by atoms with Crippen molar-refractivity contribution < 1.29 is 4.79 Å². The molecule has 1 heterocycles. The van der Waals surface area contributed by atoms with Gasteiger partial charge in [-0.25, -0.2) is 4.98 Å². The first-order valence-corrected chi connectivity index (χ1v) is 5.47. The highest BCUT2D eigenvalue weighted by Crippen LogP contribution is 2.06. The minimum atomic E-state index is -0.212. The summed E-state index contributed by atoms with van der Waals surface area (Å²) in [6, 6.07) is 0. The number of carbonyl (C=O) groups is 1. The molecule has 1 aromatic rings. The van der Waals surface area contributed by atoms with E-state index in [1.165, 1.54) is 10.9 Å². The average molecular weight is 273 g/mol. The highest BCUT2D eigenvalue weighted by atomic mass is 79.9. The maximum Gasteiger partial charge on any atom is 0.268 e. The van der Waals surface area contributed by atoms with E-state index in [1.54, 1.807) is 6.92 Å². The first-order valence-electron chi connectivity index (χ1n) is 4.67. The molecule has 1 rings (SSSR count). The number of aromatic nitrogens is 2. The summed E-state index contributed by atoms with van der Waals surface area (Å²) >= 11 is 3.15. The Kier molecular flexibility index (Phi) is 3.79. The van der Waals surface area contributed by atoms with Gasteiger partial charge in [-0.3, -0.25) is 14.2 Å². The Labute approximate surface area is 96.5 Å². The van der Waals surface area contributed by atoms with E-state index in [9.17, 15) is 9.59 Å². The molecule has 0 fully saturated rings. The van der Waals surface area contributed by atoms with Gasteiger partial charge in [0.25, 0.3) is 5.56 Å². The first-order chi connectivity index (χ1) is 6.93. The number of hydrogen-bond acceptors (Lipinski definition) is 3. The van der Waals surface area contributed by atoms with Gasteiger partial charge in [-0.05, 0) is 22.9 Å². The molecule has 0 bridgehead atoms. The summed E-state index contributed by atoms with van der Waals surface area (Å²) in [5.74, 6) is -0.0494. The van der Waals surface area contributed by atoms with Gasteiger partial charge in [0.1, 0.15) is 4.47 Å². The highest BCUT2D eigenvalue weighted by Gasteiger charge is 2.11. The van der Waals surface area contributed by atoms with E-state index >= 15 is 0 Å². The van der Waals surface area contributed by atoms with Crippen molar-refractivity contribution in [3.05, 3.63) is 26.8 Å². The van der Waals surface area contributed by atoms with E-state index in [0.29, 0.717) is 10.2 Å². The monoisotopic (exact) mass is 272 g/mol. The van der Waals surface area contributed by atoms with E-state index < -0.39 is 0 Å². The van der Waals surface area contributed by atoms with Gasteiger partial charge >= 0.3 is 0 Å². The third kappa shape index (κ3) is 2.75. The Hall–Kier alpha value is -0.970. The zero-order valence-corrected chi connectivity index (χ0v) is 10.5. The van der Waals surface area contributed by atoms with Crippen molar-refractivity contribution in [3.8, 4) is 0 Å². The van der Waals surface area contributed by atoms with Crippen molar-refractivity contribution in [2.24, 2.45) is 5.92 Å². The number of ketones is 1. The molecule has 0 aliphatic carbocycles. The number of nitrogens with zero attached hydrogens (tertiary/aromatic N) is 2. The highest BCUT2D eigenvalue weighted by molar-refractivity contribution is 9.10. The predicted octanol–water partition coefficient (Wildman–Crippen LogP) is 1.54. The average Bonchev–Trinajstić information content (AvgIpc) is 2.18. The van der Waals surface area contributed by atoms with Crippen LogP contribution in [0.1, 0.15) is 19.5 Å². The van der Waals surface area contributed by atoms with Crippen molar-refractivity contribution in [1.29, 1.82) is 0 Å². The van der Waals surface area contributed by atoms with Crippen LogP contribution in [0, 0.1) is 12.8 Å². The number of halogens is 1. The van der Waals surface area contributed by atoms with E-state index in [-0.39, 0.29) is 23.8 Å². The quantitative estimate of drug-likeness (QED) is 0.839. The number of carbonyl (C=O) groups excluding carboxylic acids is 1. The van der Waals surface area contributed by atoms with Crippen molar-refractivity contribution >= 4 is 21.7 Å². The lowest BCUT2D eigenvalue weighted by Gasteiger charge is -2.07. The van der Waals surface area contributed by atoms with Crippen LogP contribution < -0.4 is 5.56 Å². The van der Waals surface area contributed by atoms with Crippen molar-refractivity contribution in [3.63, 3.8) is 0 Å². The molecular weight excluding hydrogens is 260 g/mol. The molecule has 0 aromatic carbocycles. The van der Waals surface area contributed by atoms with E-state index in [1.807, 2.05) is 13.8 Å². The largest absolute Gasteiger partial charge is 0.297 e. The Bertz CT molecular complexity index is 438. The van der Waals surface area contributed by atoms with Gasteiger partial charge in [-0.2, -0.15) is 0 Å². The van der Waals surface area contributed by atoms with Gasteiger partial charge in [-0.1, -0.05) is 13.8 Å². The molecule has 0 amide bonds. The molecule has 82 valence electrons. The van der Waals surface area contributed by atoms with Crippen LogP contribution in [0.2, 0.25) is 0 Å². The van der Waals surface area contributed by atoms with Gasteiger partial charge in [-0.15, -0.1) is 0 Å². The fourth-order valence-electron chi connectivity index (χ4n) is 1.01. The van der Waals surface area contributed by atoms with Crippen LogP contribution >= 0.6 is 15.9 Å². The van der Waals surface area contributed by atoms with Crippen molar-refractivity contribution in [2.75, 3.05) is 0 Å². The number of Topliss-reactive ketones (excluding diaryl/α,β-unsaturated/α-hetero) is 1. The van der Waals surface area contributed by atoms with Crippen LogP contribution in [0.4, 0.5) is 0 Å². The molecule has 0 spiro atoms. The Morgan fingerprint density at radius 2 is 2.20 bits per heavy atom. The van der Waals surface area contributed by atoms with Crippen molar-refractivity contribution in [2.45, 2.75) is 27.3 Å². The summed E-state index contributed by atoms with van der Waals surface area (Å²) in [4.78, 5) is 27.1. The molecule has 0 saturated heterocycles. The van der Waals surface area contributed by atoms with Gasteiger partial charge < -0.3 is 0 Å². The number of aryl methyl sites for hydroxylation is 1. The molecular formula is C10H13BrN2O2. The lowest BCUT2D eigenvalue weighted by Crippen LogP contribution is -2.27. The maximum atomic E-state index is 11.7. The van der Waals surface area contributed by atoms with Crippen LogP contribution in [0.3, 0.4) is 0 Å². The second-order valence-electron chi connectivity index (χ2n) is 3.70. The Morgan fingerprint density at radius 3 is 2.73 bits per heavy atom. The molecule has 0 radical (unpaired) electrons. The van der Waals surface area contributed by atoms with Crippen molar-refractivity contribution in [1.82, 2.24) is 9.55 Å². The Balaban J connectivity index is 3.03. The summed E-state index contributed by atoms with van der Waals surface area (Å²) in [6.07, 6.45) is 1.41. The minimum absolute atomic E-state index is 0.0228. The normalized spacial score (nSPS) is 10.7. The standard InChI is InChI=1S/C10H13BrN2O2/c1-6(2)8(14)4-13-5-12-7(3)9(11)10(13)15/h5-6H,4H2,1-3H3. The van der Waals surface area contributed by atoms with Gasteiger partial charge in [0.05, 0.1) is 18.6 Å². The topological polar surface area (TPSA) is 52.0 Å². The lowest BCUT2D eigenvalue weighted by atomic mass is 10.1. The summed E-state index contributed by atoms with van der Waals surface area (Å²) in [5.41, 5.74) is 0.421. The molecule has 0 N–H and O–H groups in total. The van der Waals surface area contributed by atoms with E-state index in [4.69, 9.17) is 0 Å². The third-order valence-electron chi connectivity index (χ3n) is 2.13. The molecule has 0 aliphatic rings. The molecule has 0 aliphatic heterocycles. The number of rotatable bonds is 3. The molecule has 5 heteroatoms. The zero-order chi connectivity index (χ0) is 11.6. The third-order valence-corrected chi connectivity index (χ3v) is 3.04. The zero-order valence-electron chi connectivity index (χ0n) is 8.95. The van der Waals surface area contributed by atoms with Crippen LogP contribution in [0.15, 0.2) is 15.6 Å². The second-order valence-corrected chi connectivity index (χ2v) is 4.49. The van der Waals surface area contributed by atoms with Crippen LogP contribution in [-0.2, 0) is 11.3 Å². The lowest BCUT2D eigenvalue weighted by molar-refractivity contribution is -0.122. The SMILES string of the molecule is Cc1ncn(CC(=O)C(C)C)c(=O)c1Br. The summed E-state index contributed by atoms with van der Waals surface area (Å²) in [7, 11) is 0. The van der Waals surface area contributed by atoms with Crippen LogP contribution in [0.5, 0.6) is 0 Å². The Morgan fingerprint density at radius 1 is 1.60 bits per heavy atom. The van der Waals surface area contributed by atoms with E-state index in [2.05, 4.69) is 20.9 Å². The molecule has 4 nitrogen and oxygen atoms in total. The minimum Gasteiger partial charge on any atom is -0.297 e. The van der Waals surface area contributed by atoms with Crippen LogP contribution in [-0.4, -0.2) is 15.3 Å². The smallest absolute Gasteiger partial charge is 0.268 e. The second kappa shape index (κ2) is 4.70. The predicted molar refractivity (Wildman–Crippen MR) is 60.8 cm³/mol. The molecule has 0 saturated carbocycles. The molecule has 0 unspecified atom stereocenters. The van der Waals surface area contributed by atoms with E-state index in [0.717, 1.165) is 0 Å². The molecule has 15 heavy (non-hydrogen) atoms. The van der Waals surface area contributed by atoms with Gasteiger partial charge in [0.2, 0.25) is 0 Å². The van der Waals surface area contributed by atoms with Gasteiger partial charge in [0.15, 0.2) is 5.78 Å². The summed E-state index contributed by atoms with van der Waals surface area (Å²) in [6.45, 7) is 5.44. The fourth-order valence-corrected chi connectivity index (χ4v) is 1.34. The number of hydrogen-bond donors (Lipinski definition) is 0. The summed E-state index contributed by atoms with van der Waals surface area (Å²) in [5, 5.41) is 0. The summed E-state index contributed by atoms with van der Waals surface area (Å²) < 4.78 is 1.74. The fraction of sp³-hybridized carbons (Fsp3) is 0.500. The van der Waals surface area contributed by atoms with Gasteiger partial charge in [0, 0.05) is 5.92 Å². The molecule has 1 aromatic heterocycles. The first kappa shape index (κ1) is 12.1.